The molecule has 6 heteroatoms. The van der Waals surface area contributed by atoms with Crippen molar-refractivity contribution in [1.29, 1.82) is 0 Å². The molecule has 2 N–H and O–H groups in total. The van der Waals surface area contributed by atoms with Crippen LogP contribution in [0, 0.1) is 0 Å². The average Bonchev–Trinajstić information content (AvgIpc) is 2.81. The van der Waals surface area contributed by atoms with Gasteiger partial charge in [-0.05, 0) is 23.6 Å². The molecular weight excluding hydrogens is 261 g/mol. The van der Waals surface area contributed by atoms with E-state index in [-0.39, 0.29) is 11.5 Å². The minimum Gasteiger partial charge on any atom is -0.383 e. The Kier molecular flexibility index (Phi) is 3.38. The molecule has 18 heavy (non-hydrogen) atoms. The smallest absolute Gasteiger partial charge is 0.383 e. The molecular formula is C12H9F3N2S. The molecule has 2 nitrogen and oxygen atoms in total. The first-order chi connectivity index (χ1) is 8.48. The van der Waals surface area contributed by atoms with Crippen molar-refractivity contribution in [3.05, 3.63) is 52.2 Å². The van der Waals surface area contributed by atoms with Crippen molar-refractivity contribution in [2.24, 2.45) is 10.7 Å². The highest BCUT2D eigenvalue weighted by molar-refractivity contribution is 7.12. The van der Waals surface area contributed by atoms with E-state index in [0.717, 1.165) is 6.07 Å². The Balaban J connectivity index is 2.44. The Morgan fingerprint density at radius 2 is 1.83 bits per heavy atom. The third kappa shape index (κ3) is 2.70. The zero-order valence-electron chi connectivity index (χ0n) is 9.11. The molecule has 0 aliphatic heterocycles. The lowest BCUT2D eigenvalue weighted by Gasteiger charge is -2.09. The number of hydrogen-bond donors (Lipinski definition) is 1. The van der Waals surface area contributed by atoms with Crippen LogP contribution >= 0.6 is 11.3 Å². The van der Waals surface area contributed by atoms with Gasteiger partial charge in [0.15, 0.2) is 0 Å². The zero-order valence-corrected chi connectivity index (χ0v) is 9.92. The Morgan fingerprint density at radius 3 is 2.44 bits per heavy atom. The number of para-hydroxylation sites is 1. The lowest BCUT2D eigenvalue weighted by molar-refractivity contribution is -0.137. The molecule has 0 amide bonds. The molecule has 0 unspecified atom stereocenters. The van der Waals surface area contributed by atoms with E-state index in [4.69, 9.17) is 5.73 Å². The molecule has 0 spiro atoms. The zero-order chi connectivity index (χ0) is 13.2. The van der Waals surface area contributed by atoms with Gasteiger partial charge in [-0.15, -0.1) is 11.3 Å². The fraction of sp³-hybridized carbons (Fsp3) is 0.0833. The Morgan fingerprint density at radius 1 is 1.11 bits per heavy atom. The maximum absolute atomic E-state index is 12.7. The van der Waals surface area contributed by atoms with Crippen molar-refractivity contribution in [1.82, 2.24) is 0 Å². The summed E-state index contributed by atoms with van der Waals surface area (Å²) in [5, 5.41) is 1.79. The van der Waals surface area contributed by atoms with Gasteiger partial charge in [-0.25, -0.2) is 4.99 Å². The number of aliphatic imine (C=N–C) groups is 1. The number of rotatable bonds is 2. The van der Waals surface area contributed by atoms with E-state index in [1.165, 1.54) is 29.5 Å². The minimum atomic E-state index is -4.43. The monoisotopic (exact) mass is 270 g/mol. The van der Waals surface area contributed by atoms with Crippen LogP contribution in [-0.2, 0) is 6.18 Å². The van der Waals surface area contributed by atoms with Crippen molar-refractivity contribution in [2.75, 3.05) is 0 Å². The Labute approximate surface area is 106 Å². The first-order valence-electron chi connectivity index (χ1n) is 5.03. The first kappa shape index (κ1) is 12.6. The van der Waals surface area contributed by atoms with Crippen LogP contribution < -0.4 is 5.73 Å². The van der Waals surface area contributed by atoms with Crippen molar-refractivity contribution in [3.63, 3.8) is 0 Å². The van der Waals surface area contributed by atoms with E-state index < -0.39 is 11.7 Å². The summed E-state index contributed by atoms with van der Waals surface area (Å²) in [6.45, 7) is 0. The summed E-state index contributed by atoms with van der Waals surface area (Å²) in [5.74, 6) is 0.0849. The number of thiophene rings is 1. The van der Waals surface area contributed by atoms with Gasteiger partial charge in [-0.3, -0.25) is 0 Å². The lowest BCUT2D eigenvalue weighted by atomic mass is 10.2. The summed E-state index contributed by atoms with van der Waals surface area (Å²) in [7, 11) is 0. The summed E-state index contributed by atoms with van der Waals surface area (Å²) in [6.07, 6.45) is -4.43. The van der Waals surface area contributed by atoms with E-state index in [9.17, 15) is 13.2 Å². The van der Waals surface area contributed by atoms with E-state index in [1.54, 1.807) is 17.5 Å². The predicted octanol–water partition coefficient (Wildman–Crippen LogP) is 3.80. The number of hydrogen-bond acceptors (Lipinski definition) is 2. The minimum absolute atomic E-state index is 0.0849. The van der Waals surface area contributed by atoms with Crippen LogP contribution in [0.3, 0.4) is 0 Å². The fourth-order valence-corrected chi connectivity index (χ4v) is 2.05. The van der Waals surface area contributed by atoms with Gasteiger partial charge >= 0.3 is 6.18 Å². The molecule has 0 saturated carbocycles. The number of benzene rings is 1. The molecule has 0 fully saturated rings. The number of alkyl halides is 3. The molecule has 1 aromatic heterocycles. The molecule has 94 valence electrons. The average molecular weight is 270 g/mol. The molecule has 0 radical (unpaired) electrons. The van der Waals surface area contributed by atoms with Gasteiger partial charge in [0.1, 0.15) is 5.84 Å². The number of amidine groups is 1. The van der Waals surface area contributed by atoms with E-state index in [2.05, 4.69) is 4.99 Å². The predicted molar refractivity (Wildman–Crippen MR) is 66.1 cm³/mol. The quantitative estimate of drug-likeness (QED) is 0.654. The van der Waals surface area contributed by atoms with Gasteiger partial charge in [0, 0.05) is 0 Å². The summed E-state index contributed by atoms with van der Waals surface area (Å²) in [6, 6.07) is 8.57. The van der Waals surface area contributed by atoms with Crippen molar-refractivity contribution in [3.8, 4) is 0 Å². The second-order valence-electron chi connectivity index (χ2n) is 3.49. The summed E-state index contributed by atoms with van der Waals surface area (Å²) < 4.78 is 38.2. The number of halogens is 3. The van der Waals surface area contributed by atoms with Gasteiger partial charge in [0.2, 0.25) is 0 Å². The van der Waals surface area contributed by atoms with Crippen LogP contribution in [-0.4, -0.2) is 5.84 Å². The summed E-state index contributed by atoms with van der Waals surface area (Å²) in [4.78, 5) is 4.50. The number of nitrogens with two attached hydrogens (primary N) is 1. The molecule has 0 aliphatic carbocycles. The lowest BCUT2D eigenvalue weighted by Crippen LogP contribution is -2.12. The molecule has 0 bridgehead atoms. The maximum atomic E-state index is 12.7. The van der Waals surface area contributed by atoms with Crippen LogP contribution in [0.25, 0.3) is 0 Å². The highest BCUT2D eigenvalue weighted by atomic mass is 32.1. The topological polar surface area (TPSA) is 38.4 Å². The van der Waals surface area contributed by atoms with Crippen molar-refractivity contribution < 1.29 is 13.2 Å². The van der Waals surface area contributed by atoms with Crippen LogP contribution in [0.4, 0.5) is 18.9 Å². The summed E-state index contributed by atoms with van der Waals surface area (Å²) >= 11 is 1.33. The van der Waals surface area contributed by atoms with Gasteiger partial charge in [0.05, 0.1) is 16.1 Å². The van der Waals surface area contributed by atoms with Crippen LogP contribution in [0.15, 0.2) is 46.8 Å². The van der Waals surface area contributed by atoms with E-state index in [1.807, 2.05) is 0 Å². The van der Waals surface area contributed by atoms with Crippen LogP contribution in [0.1, 0.15) is 10.4 Å². The molecule has 1 heterocycles. The van der Waals surface area contributed by atoms with E-state index in [0.29, 0.717) is 4.88 Å². The van der Waals surface area contributed by atoms with Gasteiger partial charge in [0.25, 0.3) is 0 Å². The van der Waals surface area contributed by atoms with E-state index >= 15 is 0 Å². The third-order valence-corrected chi connectivity index (χ3v) is 3.12. The maximum Gasteiger partial charge on any atom is 0.418 e. The fourth-order valence-electron chi connectivity index (χ4n) is 1.42. The highest BCUT2D eigenvalue weighted by Crippen LogP contribution is 2.36. The molecule has 0 aliphatic rings. The summed E-state index contributed by atoms with van der Waals surface area (Å²) in [5.41, 5.74) is 4.72. The second-order valence-corrected chi connectivity index (χ2v) is 4.44. The highest BCUT2D eigenvalue weighted by Gasteiger charge is 2.33. The molecule has 1 aromatic carbocycles. The van der Waals surface area contributed by atoms with Gasteiger partial charge in [-0.2, -0.15) is 13.2 Å². The molecule has 0 saturated heterocycles. The SMILES string of the molecule is NC(=Nc1ccccc1C(F)(F)F)c1cccs1. The Hall–Kier alpha value is -1.82. The van der Waals surface area contributed by atoms with Crippen molar-refractivity contribution >= 4 is 22.9 Å². The number of nitrogens with zero attached hydrogens (tertiary/aromatic N) is 1. The molecule has 0 atom stereocenters. The van der Waals surface area contributed by atoms with Crippen molar-refractivity contribution in [2.45, 2.75) is 6.18 Å². The molecule has 2 rings (SSSR count). The van der Waals surface area contributed by atoms with Crippen LogP contribution in [0.5, 0.6) is 0 Å². The Bertz CT molecular complexity index is 559. The standard InChI is InChI=1S/C12H9F3N2S/c13-12(14,15)8-4-1-2-5-9(8)17-11(16)10-6-3-7-18-10/h1-7H,(H2,16,17). The van der Waals surface area contributed by atoms with Gasteiger partial charge in [-0.1, -0.05) is 18.2 Å². The second kappa shape index (κ2) is 4.81. The normalized spacial score (nSPS) is 12.7. The van der Waals surface area contributed by atoms with Gasteiger partial charge < -0.3 is 5.73 Å². The molecule has 2 aromatic rings. The largest absolute Gasteiger partial charge is 0.418 e. The van der Waals surface area contributed by atoms with Crippen LogP contribution in [0.2, 0.25) is 0 Å². The third-order valence-electron chi connectivity index (χ3n) is 2.22. The first-order valence-corrected chi connectivity index (χ1v) is 5.91.